The molecular weight excluding hydrogens is 248 g/mol. The van der Waals surface area contributed by atoms with Gasteiger partial charge in [0.25, 0.3) is 0 Å². The summed E-state index contributed by atoms with van der Waals surface area (Å²) in [5.41, 5.74) is 1.22. The second-order valence-corrected chi connectivity index (χ2v) is 6.02. The van der Waals surface area contributed by atoms with Crippen LogP contribution < -0.4 is 5.32 Å². The Bertz CT molecular complexity index is 388. The van der Waals surface area contributed by atoms with E-state index in [1.54, 1.807) is 0 Å². The molecule has 0 aromatic carbocycles. The van der Waals surface area contributed by atoms with Gasteiger partial charge in [0.2, 0.25) is 0 Å². The Morgan fingerprint density at radius 3 is 3.05 bits per heavy atom. The monoisotopic (exact) mass is 278 g/mol. The van der Waals surface area contributed by atoms with Crippen LogP contribution in [0.15, 0.2) is 12.3 Å². The zero-order valence-corrected chi connectivity index (χ0v) is 13.3. The molecule has 4 heteroatoms. The second-order valence-electron chi connectivity index (χ2n) is 6.02. The third-order valence-corrected chi connectivity index (χ3v) is 4.38. The number of hydrogen-bond donors (Lipinski definition) is 1. The Morgan fingerprint density at radius 2 is 2.30 bits per heavy atom. The number of aromatic nitrogens is 2. The van der Waals surface area contributed by atoms with Gasteiger partial charge in [-0.15, -0.1) is 0 Å². The second kappa shape index (κ2) is 7.79. The van der Waals surface area contributed by atoms with Gasteiger partial charge in [0.05, 0.1) is 5.69 Å². The Balaban J connectivity index is 1.86. The van der Waals surface area contributed by atoms with Gasteiger partial charge in [-0.05, 0) is 51.8 Å². The molecule has 2 unspecified atom stereocenters. The van der Waals surface area contributed by atoms with Crippen molar-refractivity contribution in [1.29, 1.82) is 0 Å². The molecule has 0 aliphatic carbocycles. The lowest BCUT2D eigenvalue weighted by Crippen LogP contribution is -2.37. The highest BCUT2D eigenvalue weighted by Gasteiger charge is 2.24. The van der Waals surface area contributed by atoms with Crippen LogP contribution in [0.5, 0.6) is 0 Å². The van der Waals surface area contributed by atoms with Gasteiger partial charge < -0.3 is 5.32 Å². The molecule has 1 N–H and O–H groups in total. The molecule has 2 heterocycles. The quantitative estimate of drug-likeness (QED) is 0.742. The summed E-state index contributed by atoms with van der Waals surface area (Å²) in [6, 6.07) is 3.38. The number of hydrogen-bond acceptors (Lipinski definition) is 3. The summed E-state index contributed by atoms with van der Waals surface area (Å²) in [5, 5.41) is 8.29. The molecule has 1 fully saturated rings. The first-order valence-corrected chi connectivity index (χ1v) is 8.23. The van der Waals surface area contributed by atoms with E-state index < -0.39 is 0 Å². The zero-order chi connectivity index (χ0) is 14.4. The molecule has 0 spiro atoms. The highest BCUT2D eigenvalue weighted by Crippen LogP contribution is 2.19. The van der Waals surface area contributed by atoms with Crippen molar-refractivity contribution < 1.29 is 0 Å². The summed E-state index contributed by atoms with van der Waals surface area (Å²) in [7, 11) is 0. The van der Waals surface area contributed by atoms with E-state index in [0.29, 0.717) is 12.1 Å². The fourth-order valence-corrected chi connectivity index (χ4v) is 2.88. The molecule has 1 aromatic rings. The van der Waals surface area contributed by atoms with Gasteiger partial charge in [0, 0.05) is 31.4 Å². The Kier molecular flexibility index (Phi) is 6.05. The first-order valence-electron chi connectivity index (χ1n) is 8.23. The van der Waals surface area contributed by atoms with Crippen LogP contribution in [0, 0.1) is 0 Å². The van der Waals surface area contributed by atoms with Gasteiger partial charge in [-0.3, -0.25) is 9.58 Å². The van der Waals surface area contributed by atoms with Crippen LogP contribution in [0.4, 0.5) is 0 Å². The molecule has 0 bridgehead atoms. The summed E-state index contributed by atoms with van der Waals surface area (Å²) in [6.45, 7) is 11.1. The summed E-state index contributed by atoms with van der Waals surface area (Å²) in [5.74, 6) is 0. The zero-order valence-electron chi connectivity index (χ0n) is 13.3. The van der Waals surface area contributed by atoms with Gasteiger partial charge in [-0.1, -0.05) is 13.8 Å². The topological polar surface area (TPSA) is 33.1 Å². The molecule has 114 valence electrons. The van der Waals surface area contributed by atoms with Crippen LogP contribution in [0.2, 0.25) is 0 Å². The number of nitrogens with one attached hydrogen (secondary N) is 1. The molecule has 2 atom stereocenters. The maximum absolute atomic E-state index is 4.73. The summed E-state index contributed by atoms with van der Waals surface area (Å²) >= 11 is 0. The summed E-state index contributed by atoms with van der Waals surface area (Å²) < 4.78 is 2.11. The fourth-order valence-electron chi connectivity index (χ4n) is 2.88. The highest BCUT2D eigenvalue weighted by atomic mass is 15.3. The lowest BCUT2D eigenvalue weighted by molar-refractivity contribution is 0.235. The Hall–Kier alpha value is -0.870. The minimum atomic E-state index is 0.504. The minimum absolute atomic E-state index is 0.504. The standard InChI is InChI=1S/C16H30N4/c1-4-9-17-12-16-7-6-10-19(16)13-15-8-11-20(18-15)14(3)5-2/h8,11,14,16-17H,4-7,9-10,12-13H2,1-3H3. The molecule has 2 rings (SSSR count). The third-order valence-electron chi connectivity index (χ3n) is 4.38. The van der Waals surface area contributed by atoms with Crippen LogP contribution in [0.3, 0.4) is 0 Å². The molecule has 4 nitrogen and oxygen atoms in total. The Labute approximate surface area is 123 Å². The molecular formula is C16H30N4. The first kappa shape index (κ1) is 15.5. The fraction of sp³-hybridized carbons (Fsp3) is 0.812. The van der Waals surface area contributed by atoms with Crippen LogP contribution in [-0.4, -0.2) is 40.4 Å². The van der Waals surface area contributed by atoms with Crippen LogP contribution in [-0.2, 0) is 6.54 Å². The predicted octanol–water partition coefficient (Wildman–Crippen LogP) is 2.82. The van der Waals surface area contributed by atoms with Gasteiger partial charge in [-0.25, -0.2) is 0 Å². The maximum atomic E-state index is 4.73. The average molecular weight is 278 g/mol. The van der Waals surface area contributed by atoms with E-state index in [0.717, 1.165) is 26.1 Å². The Morgan fingerprint density at radius 1 is 1.45 bits per heavy atom. The number of likely N-dealkylation sites (tertiary alicyclic amines) is 1. The lowest BCUT2D eigenvalue weighted by atomic mass is 10.2. The summed E-state index contributed by atoms with van der Waals surface area (Å²) in [6.07, 6.45) is 7.12. The third kappa shape index (κ3) is 4.06. The van der Waals surface area contributed by atoms with Crippen molar-refractivity contribution in [3.05, 3.63) is 18.0 Å². The largest absolute Gasteiger partial charge is 0.315 e. The van der Waals surface area contributed by atoms with E-state index in [-0.39, 0.29) is 0 Å². The molecule has 0 amide bonds. The van der Waals surface area contributed by atoms with Gasteiger partial charge in [0.1, 0.15) is 0 Å². The lowest BCUT2D eigenvalue weighted by Gasteiger charge is -2.23. The van der Waals surface area contributed by atoms with Gasteiger partial charge >= 0.3 is 0 Å². The molecule has 1 aliphatic heterocycles. The van der Waals surface area contributed by atoms with E-state index in [1.807, 2.05) is 0 Å². The van der Waals surface area contributed by atoms with Crippen LogP contribution in [0.25, 0.3) is 0 Å². The highest BCUT2D eigenvalue weighted by molar-refractivity contribution is 5.01. The van der Waals surface area contributed by atoms with Gasteiger partial charge in [0.15, 0.2) is 0 Å². The minimum Gasteiger partial charge on any atom is -0.315 e. The molecule has 20 heavy (non-hydrogen) atoms. The van der Waals surface area contributed by atoms with Gasteiger partial charge in [-0.2, -0.15) is 5.10 Å². The average Bonchev–Trinajstić information content (AvgIpc) is 3.09. The SMILES string of the molecule is CCCNCC1CCCN1Cc1ccn(C(C)CC)n1. The predicted molar refractivity (Wildman–Crippen MR) is 83.8 cm³/mol. The smallest absolute Gasteiger partial charge is 0.0765 e. The normalized spacial score (nSPS) is 21.4. The molecule has 1 aromatic heterocycles. The number of nitrogens with zero attached hydrogens (tertiary/aromatic N) is 3. The first-order chi connectivity index (χ1) is 9.74. The van der Waals surface area contributed by atoms with Crippen molar-refractivity contribution in [2.75, 3.05) is 19.6 Å². The van der Waals surface area contributed by atoms with Crippen molar-refractivity contribution in [2.24, 2.45) is 0 Å². The van der Waals surface area contributed by atoms with E-state index in [9.17, 15) is 0 Å². The maximum Gasteiger partial charge on any atom is 0.0765 e. The van der Waals surface area contributed by atoms with Crippen molar-refractivity contribution >= 4 is 0 Å². The van der Waals surface area contributed by atoms with Crippen LogP contribution in [0.1, 0.15) is 58.2 Å². The van der Waals surface area contributed by atoms with Crippen molar-refractivity contribution in [1.82, 2.24) is 20.0 Å². The molecule has 0 saturated carbocycles. The van der Waals surface area contributed by atoms with E-state index in [1.165, 1.54) is 31.5 Å². The molecule has 0 radical (unpaired) electrons. The van der Waals surface area contributed by atoms with E-state index >= 15 is 0 Å². The summed E-state index contributed by atoms with van der Waals surface area (Å²) in [4.78, 5) is 2.59. The van der Waals surface area contributed by atoms with Crippen molar-refractivity contribution in [3.8, 4) is 0 Å². The van der Waals surface area contributed by atoms with E-state index in [2.05, 4.69) is 47.9 Å². The molecule has 1 saturated heterocycles. The van der Waals surface area contributed by atoms with Crippen molar-refractivity contribution in [2.45, 2.75) is 65.1 Å². The van der Waals surface area contributed by atoms with E-state index in [4.69, 9.17) is 5.10 Å². The molecule has 1 aliphatic rings. The van der Waals surface area contributed by atoms with Crippen molar-refractivity contribution in [3.63, 3.8) is 0 Å². The number of rotatable bonds is 8. The van der Waals surface area contributed by atoms with Crippen LogP contribution >= 0.6 is 0 Å².